The van der Waals surface area contributed by atoms with Crippen LogP contribution < -0.4 is 10.6 Å². The highest BCUT2D eigenvalue weighted by Crippen LogP contribution is 2.40. The molecule has 1 saturated carbocycles. The van der Waals surface area contributed by atoms with Gasteiger partial charge in [0.25, 0.3) is 0 Å². The maximum Gasteiger partial charge on any atom is 0.137 e. The van der Waals surface area contributed by atoms with E-state index in [1.807, 2.05) is 0 Å². The monoisotopic (exact) mass is 430 g/mol. The highest BCUT2D eigenvalue weighted by atomic mass is 15.0. The molecule has 0 bridgehead atoms. The minimum atomic E-state index is 0.412. The van der Waals surface area contributed by atoms with E-state index in [9.17, 15) is 0 Å². The van der Waals surface area contributed by atoms with Crippen LogP contribution >= 0.6 is 0 Å². The van der Waals surface area contributed by atoms with Crippen LogP contribution in [0.4, 0.5) is 0 Å². The molecule has 6 nitrogen and oxygen atoms in total. The lowest BCUT2D eigenvalue weighted by Crippen LogP contribution is -2.15. The minimum Gasteiger partial charge on any atom is -0.347 e. The number of nitrogens with one attached hydrogen (secondary N) is 4. The van der Waals surface area contributed by atoms with E-state index >= 15 is 0 Å². The van der Waals surface area contributed by atoms with Gasteiger partial charge in [0.1, 0.15) is 11.6 Å². The number of hydrogen-bond donors (Lipinski definition) is 4. The summed E-state index contributed by atoms with van der Waals surface area (Å²) < 4.78 is 0. The second-order valence-electron chi connectivity index (χ2n) is 9.85. The van der Waals surface area contributed by atoms with Gasteiger partial charge in [0.05, 0.1) is 23.5 Å². The number of hydrogen-bond acceptors (Lipinski definition) is 4. The predicted octanol–water partition coefficient (Wildman–Crippen LogP) is 5.09. The molecule has 32 heavy (non-hydrogen) atoms. The summed E-state index contributed by atoms with van der Waals surface area (Å²) in [4.78, 5) is 16.6. The van der Waals surface area contributed by atoms with Crippen molar-refractivity contribution < 1.29 is 0 Å². The molecule has 0 unspecified atom stereocenters. The third-order valence-corrected chi connectivity index (χ3v) is 7.82. The Labute approximate surface area is 190 Å². The van der Waals surface area contributed by atoms with Crippen LogP contribution in [0.15, 0.2) is 36.7 Å². The number of aromatic nitrogens is 4. The van der Waals surface area contributed by atoms with Crippen molar-refractivity contribution in [3.05, 3.63) is 59.4 Å². The average molecular weight is 431 g/mol. The summed E-state index contributed by atoms with van der Waals surface area (Å²) in [7, 11) is 0. The molecule has 0 spiro atoms. The van der Waals surface area contributed by atoms with Crippen molar-refractivity contribution in [2.75, 3.05) is 13.1 Å². The van der Waals surface area contributed by atoms with Crippen LogP contribution in [0, 0.1) is 0 Å². The number of nitrogens with zero attached hydrogens (tertiary/aromatic N) is 2. The van der Waals surface area contributed by atoms with Crippen LogP contribution in [-0.4, -0.2) is 33.0 Å². The molecule has 0 radical (unpaired) electrons. The summed E-state index contributed by atoms with van der Waals surface area (Å²) >= 11 is 0. The third kappa shape index (κ3) is 4.02. The fourth-order valence-corrected chi connectivity index (χ4v) is 5.89. The first-order chi connectivity index (χ1) is 15.8. The number of aromatic amines is 2. The van der Waals surface area contributed by atoms with E-state index in [0.29, 0.717) is 23.9 Å². The molecule has 1 aliphatic carbocycles. The van der Waals surface area contributed by atoms with E-state index in [-0.39, 0.29) is 0 Å². The molecule has 2 aliphatic heterocycles. The van der Waals surface area contributed by atoms with Crippen LogP contribution in [0.1, 0.15) is 98.1 Å². The summed E-state index contributed by atoms with van der Waals surface area (Å²) in [6, 6.07) is 9.94. The Kier molecular flexibility index (Phi) is 5.57. The van der Waals surface area contributed by atoms with E-state index in [0.717, 1.165) is 30.4 Å². The predicted molar refractivity (Wildman–Crippen MR) is 127 cm³/mol. The zero-order valence-electron chi connectivity index (χ0n) is 18.7. The van der Waals surface area contributed by atoms with Crippen molar-refractivity contribution in [3.63, 3.8) is 0 Å². The van der Waals surface area contributed by atoms with Gasteiger partial charge in [-0.15, -0.1) is 0 Å². The van der Waals surface area contributed by atoms with Gasteiger partial charge in [-0.3, -0.25) is 0 Å². The number of benzene rings is 1. The molecule has 3 aliphatic rings. The summed E-state index contributed by atoms with van der Waals surface area (Å²) in [5.41, 5.74) is 5.06. The average Bonchev–Trinajstić information content (AvgIpc) is 3.66. The second kappa shape index (κ2) is 8.83. The first-order valence-electron chi connectivity index (χ1n) is 12.5. The Bertz CT molecular complexity index is 1010. The molecule has 0 amide bonds. The van der Waals surface area contributed by atoms with Gasteiger partial charge < -0.3 is 20.6 Å². The molecule has 3 fully saturated rings. The molecule has 1 aromatic carbocycles. The lowest BCUT2D eigenvalue weighted by atomic mass is 9.77. The van der Waals surface area contributed by atoms with Gasteiger partial charge in [0.15, 0.2) is 0 Å². The van der Waals surface area contributed by atoms with Gasteiger partial charge in [-0.05, 0) is 75.9 Å². The van der Waals surface area contributed by atoms with Crippen LogP contribution in [0.5, 0.6) is 0 Å². The fourth-order valence-electron chi connectivity index (χ4n) is 5.89. The van der Waals surface area contributed by atoms with E-state index in [4.69, 9.17) is 9.97 Å². The maximum atomic E-state index is 4.96. The first kappa shape index (κ1) is 20.2. The number of H-pyrrole nitrogens is 2. The minimum absolute atomic E-state index is 0.412. The Hall–Kier alpha value is -2.44. The topological polar surface area (TPSA) is 81.4 Å². The third-order valence-electron chi connectivity index (χ3n) is 7.82. The molecule has 2 atom stereocenters. The van der Waals surface area contributed by atoms with E-state index < -0.39 is 0 Å². The van der Waals surface area contributed by atoms with Crippen LogP contribution in [0.25, 0.3) is 11.4 Å². The van der Waals surface area contributed by atoms with E-state index in [2.05, 4.69) is 57.3 Å². The SMILES string of the molecule is c1cc(C2CCC(c3c[nH]c([C@H]4CCCN4)n3)CC2)ccc1-c1nc([C@H]2CCCN2)c[nH]1. The van der Waals surface area contributed by atoms with Gasteiger partial charge in [-0.1, -0.05) is 24.3 Å². The van der Waals surface area contributed by atoms with Crippen molar-refractivity contribution in [1.82, 2.24) is 30.6 Å². The van der Waals surface area contributed by atoms with Crippen LogP contribution in [0.3, 0.4) is 0 Å². The molecular weight excluding hydrogens is 396 g/mol. The van der Waals surface area contributed by atoms with Crippen LogP contribution in [0.2, 0.25) is 0 Å². The van der Waals surface area contributed by atoms with Crippen molar-refractivity contribution in [3.8, 4) is 11.4 Å². The highest BCUT2D eigenvalue weighted by molar-refractivity contribution is 5.56. The van der Waals surface area contributed by atoms with Crippen LogP contribution in [-0.2, 0) is 0 Å². The van der Waals surface area contributed by atoms with Crippen molar-refractivity contribution >= 4 is 0 Å². The van der Waals surface area contributed by atoms with E-state index in [1.165, 1.54) is 68.2 Å². The zero-order valence-corrected chi connectivity index (χ0v) is 18.7. The Balaban J connectivity index is 1.07. The Morgan fingerprint density at radius 2 is 1.34 bits per heavy atom. The van der Waals surface area contributed by atoms with Crippen molar-refractivity contribution in [2.45, 2.75) is 75.3 Å². The highest BCUT2D eigenvalue weighted by Gasteiger charge is 2.27. The van der Waals surface area contributed by atoms with Gasteiger partial charge in [-0.25, -0.2) is 9.97 Å². The summed E-state index contributed by atoms with van der Waals surface area (Å²) in [6.45, 7) is 2.21. The molecule has 2 aromatic heterocycles. The molecule has 168 valence electrons. The number of imidazole rings is 2. The fraction of sp³-hybridized carbons (Fsp3) is 0.538. The quantitative estimate of drug-likeness (QED) is 0.454. The number of rotatable bonds is 5. The molecule has 4 N–H and O–H groups in total. The normalized spacial score (nSPS) is 28.4. The lowest BCUT2D eigenvalue weighted by Gasteiger charge is -2.28. The summed E-state index contributed by atoms with van der Waals surface area (Å²) in [6.07, 6.45) is 14.0. The molecule has 2 saturated heterocycles. The second-order valence-corrected chi connectivity index (χ2v) is 9.85. The van der Waals surface area contributed by atoms with Gasteiger partial charge in [0.2, 0.25) is 0 Å². The van der Waals surface area contributed by atoms with Gasteiger partial charge in [-0.2, -0.15) is 0 Å². The molecule has 6 heteroatoms. The standard InChI is InChI=1S/C26H34N6/c1-3-21(27-13-1)24-16-29-25(32-24)20-11-7-18(8-12-20)17-5-9-19(10-6-17)23-15-30-26(31-23)22-4-2-14-28-22/h7-8,11-12,15-17,19,21-22,27-28H,1-6,9-10,13-14H2,(H,29,32)(H,30,31)/t17?,19?,21-,22-/m1/s1. The Morgan fingerprint density at radius 3 is 2.06 bits per heavy atom. The van der Waals surface area contributed by atoms with Gasteiger partial charge >= 0.3 is 0 Å². The molecule has 3 aromatic rings. The molecule has 6 rings (SSSR count). The van der Waals surface area contributed by atoms with Gasteiger partial charge in [0, 0.05) is 23.9 Å². The van der Waals surface area contributed by atoms with Crippen molar-refractivity contribution in [2.24, 2.45) is 0 Å². The largest absolute Gasteiger partial charge is 0.347 e. The summed E-state index contributed by atoms with van der Waals surface area (Å²) in [5, 5.41) is 7.07. The van der Waals surface area contributed by atoms with E-state index in [1.54, 1.807) is 0 Å². The molecular formula is C26H34N6. The van der Waals surface area contributed by atoms with Crippen molar-refractivity contribution in [1.29, 1.82) is 0 Å². The smallest absolute Gasteiger partial charge is 0.137 e. The Morgan fingerprint density at radius 1 is 0.656 bits per heavy atom. The first-order valence-corrected chi connectivity index (χ1v) is 12.5. The summed E-state index contributed by atoms with van der Waals surface area (Å²) in [5.74, 6) is 3.38. The molecule has 4 heterocycles. The lowest BCUT2D eigenvalue weighted by molar-refractivity contribution is 0.391. The maximum absolute atomic E-state index is 4.96. The zero-order chi connectivity index (χ0) is 21.3.